The summed E-state index contributed by atoms with van der Waals surface area (Å²) in [6.07, 6.45) is 8.05. The normalized spacial score (nSPS) is 16.1. The second-order valence-electron chi connectivity index (χ2n) is 8.20. The summed E-state index contributed by atoms with van der Waals surface area (Å²) in [5.41, 5.74) is 2.22. The van der Waals surface area contributed by atoms with Gasteiger partial charge in [-0.15, -0.1) is 10.2 Å². The predicted molar refractivity (Wildman–Crippen MR) is 123 cm³/mol. The van der Waals surface area contributed by atoms with Crippen molar-refractivity contribution in [3.8, 4) is 5.69 Å². The van der Waals surface area contributed by atoms with E-state index in [9.17, 15) is 9.18 Å². The second kappa shape index (κ2) is 10.9. The molecule has 2 aromatic rings. The Labute approximate surface area is 188 Å². The Hall–Kier alpha value is -2.19. The van der Waals surface area contributed by atoms with Crippen molar-refractivity contribution < 1.29 is 9.18 Å². The lowest BCUT2D eigenvalue weighted by Crippen LogP contribution is -2.32. The van der Waals surface area contributed by atoms with Crippen LogP contribution in [0.2, 0.25) is 0 Å². The van der Waals surface area contributed by atoms with E-state index in [1.807, 2.05) is 37.4 Å². The van der Waals surface area contributed by atoms with Crippen molar-refractivity contribution in [1.82, 2.24) is 25.0 Å². The van der Waals surface area contributed by atoms with E-state index in [0.717, 1.165) is 30.8 Å². The Kier molecular flexibility index (Phi) is 8.26. The summed E-state index contributed by atoms with van der Waals surface area (Å²) in [5, 5.41) is 12.1. The van der Waals surface area contributed by atoms with E-state index in [-0.39, 0.29) is 23.0 Å². The molecule has 0 saturated carbocycles. The number of carbonyl (C=O) groups excluding carboxylic acids is 1. The highest BCUT2D eigenvalue weighted by molar-refractivity contribution is 8.00. The first-order valence-electron chi connectivity index (χ1n) is 10.9. The molecule has 0 fully saturated rings. The molecule has 0 spiro atoms. The van der Waals surface area contributed by atoms with Gasteiger partial charge >= 0.3 is 0 Å². The monoisotopic (exact) mass is 445 g/mol. The molecule has 8 heteroatoms. The minimum Gasteiger partial charge on any atom is -0.355 e. The van der Waals surface area contributed by atoms with Crippen LogP contribution in [0.1, 0.15) is 57.8 Å². The summed E-state index contributed by atoms with van der Waals surface area (Å²) >= 11 is 1.36. The van der Waals surface area contributed by atoms with Crippen LogP contribution in [0.15, 0.2) is 41.1 Å². The highest BCUT2D eigenvalue weighted by Gasteiger charge is 2.24. The molecular formula is C23H32FN5OS. The van der Waals surface area contributed by atoms with E-state index in [1.165, 1.54) is 42.3 Å². The molecule has 1 aliphatic rings. The molecule has 1 aromatic heterocycles. The van der Waals surface area contributed by atoms with Gasteiger partial charge in [0.2, 0.25) is 5.91 Å². The third kappa shape index (κ3) is 6.17. The number of halogens is 1. The number of nitrogens with one attached hydrogen (secondary N) is 1. The SMILES string of the molecule is C[C@H](Sc1nnc([C@@H](C)N(C)C)n1-c1ccc(F)cc1)C(=O)NCCC1=CCCCC1. The Bertz CT molecular complexity index is 909. The maximum absolute atomic E-state index is 13.5. The van der Waals surface area contributed by atoms with E-state index in [0.29, 0.717) is 11.7 Å². The van der Waals surface area contributed by atoms with Crippen LogP contribution in [-0.2, 0) is 4.79 Å². The van der Waals surface area contributed by atoms with Gasteiger partial charge in [0.15, 0.2) is 11.0 Å². The first-order valence-corrected chi connectivity index (χ1v) is 11.7. The van der Waals surface area contributed by atoms with Crippen LogP contribution in [0.25, 0.3) is 5.69 Å². The van der Waals surface area contributed by atoms with Crippen LogP contribution in [-0.4, -0.2) is 51.5 Å². The molecule has 31 heavy (non-hydrogen) atoms. The van der Waals surface area contributed by atoms with E-state index in [1.54, 1.807) is 12.1 Å². The molecule has 1 aromatic carbocycles. The third-order valence-electron chi connectivity index (χ3n) is 5.67. The molecule has 2 atom stereocenters. The number of benzene rings is 1. The molecule has 1 aliphatic carbocycles. The largest absolute Gasteiger partial charge is 0.355 e. The van der Waals surface area contributed by atoms with Crippen molar-refractivity contribution in [3.05, 3.63) is 47.6 Å². The third-order valence-corrected chi connectivity index (χ3v) is 6.72. The van der Waals surface area contributed by atoms with Crippen molar-refractivity contribution in [2.75, 3.05) is 20.6 Å². The zero-order valence-electron chi connectivity index (χ0n) is 18.8. The minimum absolute atomic E-state index is 0.000182. The number of nitrogens with zero attached hydrogens (tertiary/aromatic N) is 4. The van der Waals surface area contributed by atoms with E-state index in [2.05, 4.69) is 21.6 Å². The number of allylic oxidation sites excluding steroid dienone is 1. The summed E-state index contributed by atoms with van der Waals surface area (Å²) in [6.45, 7) is 4.57. The summed E-state index contributed by atoms with van der Waals surface area (Å²) in [7, 11) is 3.94. The number of aromatic nitrogens is 3. The zero-order valence-corrected chi connectivity index (χ0v) is 19.6. The number of thioether (sulfide) groups is 1. The summed E-state index contributed by atoms with van der Waals surface area (Å²) in [5.74, 6) is 0.433. The molecule has 0 saturated heterocycles. The summed E-state index contributed by atoms with van der Waals surface area (Å²) in [4.78, 5) is 14.7. The maximum Gasteiger partial charge on any atom is 0.233 e. The van der Waals surface area contributed by atoms with Crippen molar-refractivity contribution in [3.63, 3.8) is 0 Å². The number of carbonyl (C=O) groups is 1. The standard InChI is InChI=1S/C23H32FN5OS/c1-16(28(3)4)21-26-27-23(29(21)20-12-10-19(24)11-13-20)31-17(2)22(30)25-15-14-18-8-6-5-7-9-18/h8,10-13,16-17H,5-7,9,14-15H2,1-4H3,(H,25,30)/t16-,17+/m1/s1. The molecule has 0 bridgehead atoms. The van der Waals surface area contributed by atoms with Crippen molar-refractivity contribution in [2.24, 2.45) is 0 Å². The molecule has 1 heterocycles. The van der Waals surface area contributed by atoms with Crippen LogP contribution in [0.4, 0.5) is 4.39 Å². The zero-order chi connectivity index (χ0) is 22.4. The fraction of sp³-hybridized carbons (Fsp3) is 0.522. The molecule has 1 N–H and O–H groups in total. The van der Waals surface area contributed by atoms with Crippen LogP contribution < -0.4 is 5.32 Å². The first kappa shape index (κ1) is 23.5. The quantitative estimate of drug-likeness (QED) is 0.454. The fourth-order valence-corrected chi connectivity index (χ4v) is 4.42. The van der Waals surface area contributed by atoms with Crippen LogP contribution in [0.3, 0.4) is 0 Å². The Morgan fingerprint density at radius 2 is 1.97 bits per heavy atom. The van der Waals surface area contributed by atoms with E-state index >= 15 is 0 Å². The lowest BCUT2D eigenvalue weighted by molar-refractivity contribution is -0.120. The Balaban J connectivity index is 1.71. The van der Waals surface area contributed by atoms with Gasteiger partial charge in [0.25, 0.3) is 0 Å². The van der Waals surface area contributed by atoms with Crippen molar-refractivity contribution in [1.29, 1.82) is 0 Å². The molecule has 0 radical (unpaired) electrons. The van der Waals surface area contributed by atoms with Gasteiger partial charge in [-0.1, -0.05) is 23.4 Å². The van der Waals surface area contributed by atoms with Crippen LogP contribution in [0.5, 0.6) is 0 Å². The highest BCUT2D eigenvalue weighted by atomic mass is 32.2. The van der Waals surface area contributed by atoms with Gasteiger partial charge in [0.1, 0.15) is 5.82 Å². The second-order valence-corrected chi connectivity index (χ2v) is 9.51. The lowest BCUT2D eigenvalue weighted by Gasteiger charge is -2.21. The summed E-state index contributed by atoms with van der Waals surface area (Å²) < 4.78 is 15.4. The molecule has 6 nitrogen and oxygen atoms in total. The van der Waals surface area contributed by atoms with E-state index < -0.39 is 0 Å². The average molecular weight is 446 g/mol. The predicted octanol–water partition coefficient (Wildman–Crippen LogP) is 4.52. The number of amides is 1. The minimum atomic E-state index is -0.328. The molecule has 0 unspecified atom stereocenters. The average Bonchev–Trinajstić information content (AvgIpc) is 3.17. The number of rotatable bonds is 9. The van der Waals surface area contributed by atoms with Crippen LogP contribution in [0, 0.1) is 5.82 Å². The topological polar surface area (TPSA) is 63.1 Å². The van der Waals surface area contributed by atoms with Crippen molar-refractivity contribution >= 4 is 17.7 Å². The van der Waals surface area contributed by atoms with Gasteiger partial charge in [-0.2, -0.15) is 0 Å². The van der Waals surface area contributed by atoms with Crippen molar-refractivity contribution in [2.45, 2.75) is 62.4 Å². The fourth-order valence-electron chi connectivity index (χ4n) is 3.53. The number of hydrogen-bond acceptors (Lipinski definition) is 5. The highest BCUT2D eigenvalue weighted by Crippen LogP contribution is 2.29. The van der Waals surface area contributed by atoms with Gasteiger partial charge < -0.3 is 5.32 Å². The summed E-state index contributed by atoms with van der Waals surface area (Å²) in [6, 6.07) is 6.25. The van der Waals surface area contributed by atoms with Gasteiger partial charge in [-0.3, -0.25) is 14.3 Å². The molecule has 168 valence electrons. The molecular weight excluding hydrogens is 413 g/mol. The Morgan fingerprint density at radius 3 is 2.61 bits per heavy atom. The van der Waals surface area contributed by atoms with Crippen LogP contribution >= 0.6 is 11.8 Å². The van der Waals surface area contributed by atoms with E-state index in [4.69, 9.17) is 0 Å². The maximum atomic E-state index is 13.5. The van der Waals surface area contributed by atoms with Gasteiger partial charge in [-0.05, 0) is 84.3 Å². The molecule has 0 aliphatic heterocycles. The lowest BCUT2D eigenvalue weighted by atomic mass is 9.97. The smallest absolute Gasteiger partial charge is 0.233 e. The van der Waals surface area contributed by atoms with Gasteiger partial charge in [-0.25, -0.2) is 4.39 Å². The molecule has 1 amide bonds. The molecule has 3 rings (SSSR count). The van der Waals surface area contributed by atoms with Gasteiger partial charge in [0, 0.05) is 12.2 Å². The first-order chi connectivity index (χ1) is 14.9. The Morgan fingerprint density at radius 1 is 1.23 bits per heavy atom. The number of hydrogen-bond donors (Lipinski definition) is 1. The van der Waals surface area contributed by atoms with Gasteiger partial charge in [0.05, 0.1) is 11.3 Å².